The standard InChI is InChI=1S/C25H27NO3/c1-3-19(2)23-11-7-8-12-24(23)29-18-25(27)26-21-13-15-22(16-14-21)28-17-20-9-5-4-6-10-20/h4-16,19H,3,17-18H2,1-2H3,(H,26,27). The molecule has 0 radical (unpaired) electrons. The lowest BCUT2D eigenvalue weighted by Crippen LogP contribution is -2.20. The highest BCUT2D eigenvalue weighted by atomic mass is 16.5. The fourth-order valence-electron chi connectivity index (χ4n) is 2.95. The zero-order valence-electron chi connectivity index (χ0n) is 16.9. The Morgan fingerprint density at radius 1 is 0.897 bits per heavy atom. The van der Waals surface area contributed by atoms with Gasteiger partial charge in [-0.15, -0.1) is 0 Å². The third-order valence-electron chi connectivity index (χ3n) is 4.81. The Balaban J connectivity index is 1.50. The number of carbonyl (C=O) groups excluding carboxylic acids is 1. The highest BCUT2D eigenvalue weighted by Crippen LogP contribution is 2.28. The van der Waals surface area contributed by atoms with Crippen LogP contribution in [0.15, 0.2) is 78.9 Å². The van der Waals surface area contributed by atoms with E-state index in [2.05, 4.69) is 25.2 Å². The largest absolute Gasteiger partial charge is 0.489 e. The van der Waals surface area contributed by atoms with Gasteiger partial charge in [0.05, 0.1) is 0 Å². The van der Waals surface area contributed by atoms with Crippen LogP contribution in [-0.2, 0) is 11.4 Å². The molecule has 0 heterocycles. The number of rotatable bonds is 9. The Morgan fingerprint density at radius 3 is 2.31 bits per heavy atom. The maximum Gasteiger partial charge on any atom is 0.262 e. The van der Waals surface area contributed by atoms with E-state index in [1.165, 1.54) is 0 Å². The number of anilines is 1. The first-order valence-electron chi connectivity index (χ1n) is 9.94. The zero-order valence-corrected chi connectivity index (χ0v) is 16.9. The van der Waals surface area contributed by atoms with Gasteiger partial charge in [0.1, 0.15) is 18.1 Å². The highest BCUT2D eigenvalue weighted by molar-refractivity contribution is 5.91. The average molecular weight is 389 g/mol. The minimum Gasteiger partial charge on any atom is -0.489 e. The van der Waals surface area contributed by atoms with Crippen LogP contribution in [0.5, 0.6) is 11.5 Å². The Hall–Kier alpha value is -3.27. The summed E-state index contributed by atoms with van der Waals surface area (Å²) in [5.74, 6) is 1.71. The molecule has 3 aromatic carbocycles. The maximum absolute atomic E-state index is 12.3. The molecule has 0 bridgehead atoms. The van der Waals surface area contributed by atoms with E-state index in [0.717, 1.165) is 29.0 Å². The molecule has 1 atom stereocenters. The molecule has 3 aromatic rings. The van der Waals surface area contributed by atoms with Gasteiger partial charge in [-0.1, -0.05) is 62.4 Å². The number of hydrogen-bond donors (Lipinski definition) is 1. The number of hydrogen-bond acceptors (Lipinski definition) is 3. The molecule has 150 valence electrons. The summed E-state index contributed by atoms with van der Waals surface area (Å²) in [5.41, 5.74) is 2.95. The molecule has 29 heavy (non-hydrogen) atoms. The summed E-state index contributed by atoms with van der Waals surface area (Å²) in [6, 6.07) is 25.2. The second-order valence-electron chi connectivity index (χ2n) is 6.98. The molecule has 0 aliphatic carbocycles. The van der Waals surface area contributed by atoms with Crippen LogP contribution in [0.2, 0.25) is 0 Å². The lowest BCUT2D eigenvalue weighted by Gasteiger charge is -2.15. The summed E-state index contributed by atoms with van der Waals surface area (Å²) in [4.78, 5) is 12.3. The third-order valence-corrected chi connectivity index (χ3v) is 4.81. The van der Waals surface area contributed by atoms with E-state index >= 15 is 0 Å². The van der Waals surface area contributed by atoms with Gasteiger partial charge in [-0.25, -0.2) is 0 Å². The predicted molar refractivity (Wildman–Crippen MR) is 116 cm³/mol. The summed E-state index contributed by atoms with van der Waals surface area (Å²) < 4.78 is 11.5. The Labute approximate surface area is 172 Å². The molecule has 0 aliphatic rings. The molecule has 4 heteroatoms. The molecule has 0 saturated heterocycles. The second-order valence-corrected chi connectivity index (χ2v) is 6.98. The van der Waals surface area contributed by atoms with Crippen molar-refractivity contribution in [2.24, 2.45) is 0 Å². The normalized spacial score (nSPS) is 11.5. The second kappa shape index (κ2) is 10.3. The number of carbonyl (C=O) groups is 1. The minimum absolute atomic E-state index is 0.0281. The third kappa shape index (κ3) is 6.11. The average Bonchev–Trinajstić information content (AvgIpc) is 2.77. The van der Waals surface area contributed by atoms with Crippen LogP contribution in [0.3, 0.4) is 0 Å². The number of amides is 1. The van der Waals surface area contributed by atoms with Crippen LogP contribution in [0.1, 0.15) is 37.3 Å². The number of benzene rings is 3. The van der Waals surface area contributed by atoms with Gasteiger partial charge in [-0.3, -0.25) is 4.79 Å². The molecule has 0 spiro atoms. The van der Waals surface area contributed by atoms with Crippen molar-refractivity contribution in [3.05, 3.63) is 90.0 Å². The first-order valence-corrected chi connectivity index (χ1v) is 9.94. The topological polar surface area (TPSA) is 47.6 Å². The summed E-state index contributed by atoms with van der Waals surface area (Å²) in [5, 5.41) is 2.86. The van der Waals surface area contributed by atoms with Crippen LogP contribution < -0.4 is 14.8 Å². The van der Waals surface area contributed by atoms with Gasteiger partial charge in [0.25, 0.3) is 5.91 Å². The van der Waals surface area contributed by atoms with Gasteiger partial charge >= 0.3 is 0 Å². The zero-order chi connectivity index (χ0) is 20.5. The van der Waals surface area contributed by atoms with Gasteiger partial charge in [-0.2, -0.15) is 0 Å². The van der Waals surface area contributed by atoms with E-state index in [1.807, 2.05) is 72.8 Å². The van der Waals surface area contributed by atoms with Crippen molar-refractivity contribution >= 4 is 11.6 Å². The van der Waals surface area contributed by atoms with E-state index in [0.29, 0.717) is 18.2 Å². The smallest absolute Gasteiger partial charge is 0.262 e. The van der Waals surface area contributed by atoms with Gasteiger partial charge in [0.2, 0.25) is 0 Å². The minimum atomic E-state index is -0.193. The van der Waals surface area contributed by atoms with Crippen molar-refractivity contribution in [3.8, 4) is 11.5 Å². The quantitative estimate of drug-likeness (QED) is 0.503. The molecule has 1 unspecified atom stereocenters. The fourth-order valence-corrected chi connectivity index (χ4v) is 2.95. The number of para-hydroxylation sites is 1. The van der Waals surface area contributed by atoms with Gasteiger partial charge in [-0.05, 0) is 53.8 Å². The van der Waals surface area contributed by atoms with E-state index < -0.39 is 0 Å². The van der Waals surface area contributed by atoms with Crippen LogP contribution >= 0.6 is 0 Å². The molecule has 1 N–H and O–H groups in total. The summed E-state index contributed by atoms with van der Waals surface area (Å²) in [7, 11) is 0. The van der Waals surface area contributed by atoms with Gasteiger partial charge in [0, 0.05) is 5.69 Å². The molecule has 3 rings (SSSR count). The van der Waals surface area contributed by atoms with Crippen LogP contribution in [0.25, 0.3) is 0 Å². The molecular formula is C25H27NO3. The van der Waals surface area contributed by atoms with Crippen molar-refractivity contribution in [3.63, 3.8) is 0 Å². The lowest BCUT2D eigenvalue weighted by atomic mass is 9.98. The molecular weight excluding hydrogens is 362 g/mol. The Kier molecular flexibility index (Phi) is 7.28. The molecule has 0 saturated carbocycles. The predicted octanol–water partition coefficient (Wildman–Crippen LogP) is 5.80. The molecule has 0 aliphatic heterocycles. The fraction of sp³-hybridized carbons (Fsp3) is 0.240. The Morgan fingerprint density at radius 2 is 1.59 bits per heavy atom. The van der Waals surface area contributed by atoms with Crippen molar-refractivity contribution in [1.82, 2.24) is 0 Å². The summed E-state index contributed by atoms with van der Waals surface area (Å²) >= 11 is 0. The van der Waals surface area contributed by atoms with E-state index in [9.17, 15) is 4.79 Å². The van der Waals surface area contributed by atoms with Gasteiger partial charge in [0.15, 0.2) is 6.61 Å². The maximum atomic E-state index is 12.3. The van der Waals surface area contributed by atoms with Crippen molar-refractivity contribution in [1.29, 1.82) is 0 Å². The highest BCUT2D eigenvalue weighted by Gasteiger charge is 2.11. The van der Waals surface area contributed by atoms with Crippen LogP contribution in [0.4, 0.5) is 5.69 Å². The van der Waals surface area contributed by atoms with Crippen LogP contribution in [-0.4, -0.2) is 12.5 Å². The number of nitrogens with one attached hydrogen (secondary N) is 1. The lowest BCUT2D eigenvalue weighted by molar-refractivity contribution is -0.118. The SMILES string of the molecule is CCC(C)c1ccccc1OCC(=O)Nc1ccc(OCc2ccccc2)cc1. The molecule has 1 amide bonds. The number of ether oxygens (including phenoxy) is 2. The summed E-state index contributed by atoms with van der Waals surface area (Å²) in [6.07, 6.45) is 1.02. The monoisotopic (exact) mass is 389 g/mol. The molecule has 4 nitrogen and oxygen atoms in total. The first-order chi connectivity index (χ1) is 14.2. The Bertz CT molecular complexity index is 907. The summed E-state index contributed by atoms with van der Waals surface area (Å²) in [6.45, 7) is 4.78. The van der Waals surface area contributed by atoms with Crippen molar-refractivity contribution < 1.29 is 14.3 Å². The van der Waals surface area contributed by atoms with Crippen molar-refractivity contribution in [2.45, 2.75) is 32.8 Å². The van der Waals surface area contributed by atoms with E-state index in [4.69, 9.17) is 9.47 Å². The first kappa shape index (κ1) is 20.5. The van der Waals surface area contributed by atoms with Gasteiger partial charge < -0.3 is 14.8 Å². The van der Waals surface area contributed by atoms with E-state index in [1.54, 1.807) is 0 Å². The van der Waals surface area contributed by atoms with Crippen LogP contribution in [0, 0.1) is 0 Å². The van der Waals surface area contributed by atoms with E-state index in [-0.39, 0.29) is 12.5 Å². The molecule has 0 fully saturated rings. The van der Waals surface area contributed by atoms with Crippen molar-refractivity contribution in [2.75, 3.05) is 11.9 Å². The molecule has 0 aromatic heterocycles.